The highest BCUT2D eigenvalue weighted by molar-refractivity contribution is 5.64. The summed E-state index contributed by atoms with van der Waals surface area (Å²) in [6.07, 6.45) is 8.85. The highest BCUT2D eigenvalue weighted by atomic mass is 16.5. The number of ether oxygens (including phenoxy) is 1. The van der Waals surface area contributed by atoms with Crippen LogP contribution in [0, 0.1) is 17.2 Å². The molecule has 9 nitrogen and oxygen atoms in total. The molecule has 1 saturated heterocycles. The van der Waals surface area contributed by atoms with Gasteiger partial charge in [0, 0.05) is 37.2 Å². The van der Waals surface area contributed by atoms with Crippen LogP contribution in [0.4, 0.5) is 5.82 Å². The highest BCUT2D eigenvalue weighted by Gasteiger charge is 2.50. The van der Waals surface area contributed by atoms with E-state index in [1.54, 1.807) is 12.3 Å². The van der Waals surface area contributed by atoms with E-state index in [2.05, 4.69) is 36.7 Å². The normalized spacial score (nSPS) is 24.2. The number of aromatic amines is 1. The molecule has 1 spiro atoms. The third kappa shape index (κ3) is 3.02. The van der Waals surface area contributed by atoms with E-state index in [9.17, 15) is 5.26 Å². The fraction of sp³-hybridized carbons (Fsp3) is 0.455. The molecule has 1 aliphatic carbocycles. The molecule has 9 heteroatoms. The zero-order chi connectivity index (χ0) is 21.0. The lowest BCUT2D eigenvalue weighted by molar-refractivity contribution is -0.0746. The molecule has 1 saturated carbocycles. The fourth-order valence-corrected chi connectivity index (χ4v) is 5.12. The van der Waals surface area contributed by atoms with Gasteiger partial charge in [-0.3, -0.25) is 9.58 Å². The Balaban J connectivity index is 1.33. The van der Waals surface area contributed by atoms with Gasteiger partial charge in [0.05, 0.1) is 36.1 Å². The molecule has 5 heterocycles. The van der Waals surface area contributed by atoms with E-state index >= 15 is 0 Å². The third-order valence-electron chi connectivity index (χ3n) is 6.79. The number of imidazole rings is 1. The van der Waals surface area contributed by atoms with E-state index in [0.717, 1.165) is 48.8 Å². The summed E-state index contributed by atoms with van der Waals surface area (Å²) in [5, 5.41) is 14.1. The number of hydrogen-bond donors (Lipinski definition) is 2. The fourth-order valence-electron chi connectivity index (χ4n) is 5.12. The van der Waals surface area contributed by atoms with Crippen LogP contribution >= 0.6 is 0 Å². The number of aromatic nitrogens is 5. The van der Waals surface area contributed by atoms with Gasteiger partial charge >= 0.3 is 0 Å². The molecule has 2 aliphatic heterocycles. The van der Waals surface area contributed by atoms with Crippen LogP contribution in [0.2, 0.25) is 0 Å². The van der Waals surface area contributed by atoms with E-state index in [1.807, 2.05) is 12.4 Å². The highest BCUT2D eigenvalue weighted by Crippen LogP contribution is 2.48. The number of nitriles is 1. The molecule has 2 fully saturated rings. The van der Waals surface area contributed by atoms with Crippen molar-refractivity contribution in [2.45, 2.75) is 37.5 Å². The number of nitrogens with zero attached hydrogens (tertiary/aromatic N) is 6. The second kappa shape index (κ2) is 6.90. The van der Waals surface area contributed by atoms with Crippen LogP contribution < -0.4 is 5.73 Å². The Kier molecular flexibility index (Phi) is 4.13. The van der Waals surface area contributed by atoms with Gasteiger partial charge in [-0.25, -0.2) is 9.97 Å². The lowest BCUT2D eigenvalue weighted by Gasteiger charge is -2.35. The van der Waals surface area contributed by atoms with Gasteiger partial charge < -0.3 is 15.5 Å². The average Bonchev–Trinajstić information content (AvgIpc) is 3.17. The van der Waals surface area contributed by atoms with Crippen LogP contribution in [-0.4, -0.2) is 49.3 Å². The van der Waals surface area contributed by atoms with Gasteiger partial charge in [-0.1, -0.05) is 0 Å². The Labute approximate surface area is 179 Å². The quantitative estimate of drug-likeness (QED) is 0.668. The van der Waals surface area contributed by atoms with E-state index in [1.165, 1.54) is 12.8 Å². The number of anilines is 1. The zero-order valence-corrected chi connectivity index (χ0v) is 17.2. The number of likely N-dealkylation sites (tertiary alicyclic amines) is 1. The van der Waals surface area contributed by atoms with Crippen LogP contribution in [-0.2, 0) is 16.9 Å². The number of pyridine rings is 1. The van der Waals surface area contributed by atoms with Gasteiger partial charge in [0.1, 0.15) is 23.3 Å². The van der Waals surface area contributed by atoms with Crippen molar-refractivity contribution in [3.63, 3.8) is 0 Å². The number of nitrogens with one attached hydrogen (secondary N) is 1. The van der Waals surface area contributed by atoms with Crippen molar-refractivity contribution in [2.75, 3.05) is 25.4 Å². The van der Waals surface area contributed by atoms with E-state index in [0.29, 0.717) is 24.1 Å². The lowest BCUT2D eigenvalue weighted by atomic mass is 9.96. The minimum atomic E-state index is -0.372. The molecule has 31 heavy (non-hydrogen) atoms. The number of hydrogen-bond acceptors (Lipinski definition) is 7. The van der Waals surface area contributed by atoms with Crippen molar-refractivity contribution in [1.29, 1.82) is 5.26 Å². The van der Waals surface area contributed by atoms with Gasteiger partial charge in [0.2, 0.25) is 0 Å². The van der Waals surface area contributed by atoms with Gasteiger partial charge in [0.15, 0.2) is 0 Å². The van der Waals surface area contributed by atoms with Crippen molar-refractivity contribution < 1.29 is 4.74 Å². The summed E-state index contributed by atoms with van der Waals surface area (Å²) in [6, 6.07) is 6.26. The smallest absolute Gasteiger partial charge is 0.141 e. The first-order valence-electron chi connectivity index (χ1n) is 10.8. The van der Waals surface area contributed by atoms with Crippen LogP contribution in [0.3, 0.4) is 0 Å². The molecule has 2 atom stereocenters. The summed E-state index contributed by atoms with van der Waals surface area (Å²) in [6.45, 7) is 3.14. The first-order valence-corrected chi connectivity index (χ1v) is 10.8. The first-order chi connectivity index (χ1) is 15.2. The van der Waals surface area contributed by atoms with Gasteiger partial charge in [-0.2, -0.15) is 10.4 Å². The first kappa shape index (κ1) is 18.5. The molecule has 6 rings (SSSR count). The predicted molar refractivity (Wildman–Crippen MR) is 112 cm³/mol. The summed E-state index contributed by atoms with van der Waals surface area (Å²) < 4.78 is 8.50. The molecule has 3 aromatic rings. The molecule has 3 N–H and O–H groups in total. The molecule has 0 radical (unpaired) electrons. The maximum Gasteiger partial charge on any atom is 0.141 e. The van der Waals surface area contributed by atoms with Crippen molar-refractivity contribution in [2.24, 2.45) is 5.92 Å². The van der Waals surface area contributed by atoms with Crippen molar-refractivity contribution in [3.8, 4) is 17.3 Å². The lowest BCUT2D eigenvalue weighted by Crippen LogP contribution is -2.41. The van der Waals surface area contributed by atoms with E-state index < -0.39 is 0 Å². The number of fused-ring (bicyclic) bond motifs is 2. The Morgan fingerprint density at radius 3 is 2.97 bits per heavy atom. The molecule has 3 aliphatic rings. The molecular formula is C22H24N8O. The monoisotopic (exact) mass is 416 g/mol. The number of nitrogen functional groups attached to an aromatic ring is 1. The Morgan fingerprint density at radius 1 is 1.29 bits per heavy atom. The summed E-state index contributed by atoms with van der Waals surface area (Å²) >= 11 is 0. The van der Waals surface area contributed by atoms with Crippen LogP contribution in [0.5, 0.6) is 0 Å². The van der Waals surface area contributed by atoms with Gasteiger partial charge in [-0.15, -0.1) is 0 Å². The molecule has 1 unspecified atom stereocenters. The molecular weight excluding hydrogens is 392 g/mol. The van der Waals surface area contributed by atoms with Crippen LogP contribution in [0.1, 0.15) is 42.4 Å². The maximum absolute atomic E-state index is 9.30. The SMILES string of the molecule is N#Cc1cc(-c2cc3n(n2)CCO[C@@]32CCN(C(c3ncc[nH]3)C3CC3)C2)cnc1N. The molecule has 158 valence electrons. The average molecular weight is 416 g/mol. The van der Waals surface area contributed by atoms with Crippen molar-refractivity contribution >= 4 is 5.82 Å². The Bertz CT molecular complexity index is 1160. The molecule has 0 bridgehead atoms. The standard InChI is InChI=1S/C22H24N8O/c23-11-15-9-16(12-27-20(15)24)17-10-18-22(31-8-7-30(18)28-17)3-6-29(13-22)19(14-1-2-14)21-25-4-5-26-21/h4-5,9-10,12,14,19H,1-3,6-8,13H2,(H2,24,27)(H,25,26)/t19?,22-/m1/s1. The molecule has 3 aromatic heterocycles. The summed E-state index contributed by atoms with van der Waals surface area (Å²) in [7, 11) is 0. The van der Waals surface area contributed by atoms with E-state index in [-0.39, 0.29) is 11.4 Å². The van der Waals surface area contributed by atoms with Crippen molar-refractivity contribution in [3.05, 3.63) is 47.8 Å². The maximum atomic E-state index is 9.30. The second-order valence-electron chi connectivity index (χ2n) is 8.73. The van der Waals surface area contributed by atoms with Gasteiger partial charge in [-0.05, 0) is 37.3 Å². The minimum absolute atomic E-state index is 0.241. The van der Waals surface area contributed by atoms with Crippen molar-refractivity contribution in [1.82, 2.24) is 29.6 Å². The zero-order valence-electron chi connectivity index (χ0n) is 17.2. The summed E-state index contributed by atoms with van der Waals surface area (Å²) in [5.41, 5.74) is 8.48. The minimum Gasteiger partial charge on any atom is -0.383 e. The van der Waals surface area contributed by atoms with Gasteiger partial charge in [0.25, 0.3) is 0 Å². The molecule has 0 amide bonds. The summed E-state index contributed by atoms with van der Waals surface area (Å²) in [5.74, 6) is 1.96. The second-order valence-corrected chi connectivity index (χ2v) is 8.73. The van der Waals surface area contributed by atoms with Crippen LogP contribution in [0.25, 0.3) is 11.3 Å². The summed E-state index contributed by atoms with van der Waals surface area (Å²) in [4.78, 5) is 14.6. The van der Waals surface area contributed by atoms with Crippen LogP contribution in [0.15, 0.2) is 30.7 Å². The molecule has 0 aromatic carbocycles. The third-order valence-corrected chi connectivity index (χ3v) is 6.79. The van der Waals surface area contributed by atoms with E-state index in [4.69, 9.17) is 15.6 Å². The number of H-pyrrole nitrogens is 1. The Hall–Kier alpha value is -3.22. The predicted octanol–water partition coefficient (Wildman–Crippen LogP) is 2.20. The topological polar surface area (TPSA) is 122 Å². The number of nitrogens with two attached hydrogens (primary N) is 1. The number of rotatable bonds is 4. The Morgan fingerprint density at radius 2 is 2.19 bits per heavy atom. The largest absolute Gasteiger partial charge is 0.383 e.